The van der Waals surface area contributed by atoms with Crippen molar-refractivity contribution < 1.29 is 23.0 Å². The third-order valence-corrected chi connectivity index (χ3v) is 5.13. The fourth-order valence-corrected chi connectivity index (χ4v) is 4.18. The van der Waals surface area contributed by atoms with Gasteiger partial charge in [-0.05, 0) is 13.1 Å². The number of aliphatic hydroxyl groups is 1. The van der Waals surface area contributed by atoms with Gasteiger partial charge in [0.2, 0.25) is 0 Å². The van der Waals surface area contributed by atoms with E-state index in [0.29, 0.717) is 23.1 Å². The standard InChI is InChI=1S/C13H18ClNO5S/c1-15-5-8-3-9(14)4-11(19-2)13(8)20-12-7-21(17,18)6-10(12)16/h3-4,10,12,15-16H,5-7H2,1-2H3. The molecule has 0 aromatic heterocycles. The number of halogens is 1. The molecule has 21 heavy (non-hydrogen) atoms. The molecule has 118 valence electrons. The van der Waals surface area contributed by atoms with Crippen LogP contribution in [-0.2, 0) is 16.4 Å². The van der Waals surface area contributed by atoms with Crippen molar-refractivity contribution in [2.75, 3.05) is 25.7 Å². The molecule has 2 N–H and O–H groups in total. The molecule has 8 heteroatoms. The quantitative estimate of drug-likeness (QED) is 0.820. The van der Waals surface area contributed by atoms with E-state index in [1.54, 1.807) is 19.2 Å². The molecule has 2 rings (SSSR count). The summed E-state index contributed by atoms with van der Waals surface area (Å²) in [6.45, 7) is 0.474. The highest BCUT2D eigenvalue weighted by Crippen LogP contribution is 2.36. The van der Waals surface area contributed by atoms with E-state index in [9.17, 15) is 13.5 Å². The number of methoxy groups -OCH3 is 1. The van der Waals surface area contributed by atoms with E-state index in [4.69, 9.17) is 21.1 Å². The molecule has 0 saturated carbocycles. The summed E-state index contributed by atoms with van der Waals surface area (Å²) in [7, 11) is -0.0296. The first-order chi connectivity index (χ1) is 9.86. The number of ether oxygens (including phenoxy) is 2. The van der Waals surface area contributed by atoms with Gasteiger partial charge in [0.1, 0.15) is 12.2 Å². The molecule has 1 fully saturated rings. The summed E-state index contributed by atoms with van der Waals surface area (Å²) in [5, 5.41) is 13.3. The van der Waals surface area contributed by atoms with Gasteiger partial charge in [-0.3, -0.25) is 0 Å². The largest absolute Gasteiger partial charge is 0.493 e. The lowest BCUT2D eigenvalue weighted by atomic mass is 10.1. The van der Waals surface area contributed by atoms with E-state index in [1.165, 1.54) is 7.11 Å². The second kappa shape index (κ2) is 6.39. The second-order valence-electron chi connectivity index (χ2n) is 4.93. The normalized spacial score (nSPS) is 24.0. The lowest BCUT2D eigenvalue weighted by Crippen LogP contribution is -2.30. The number of rotatable bonds is 5. The monoisotopic (exact) mass is 335 g/mol. The van der Waals surface area contributed by atoms with Crippen molar-refractivity contribution in [3.8, 4) is 11.5 Å². The third-order valence-electron chi connectivity index (χ3n) is 3.22. The minimum absolute atomic E-state index is 0.209. The molecule has 0 aliphatic carbocycles. The highest BCUT2D eigenvalue weighted by atomic mass is 35.5. The predicted molar refractivity (Wildman–Crippen MR) is 79.8 cm³/mol. The van der Waals surface area contributed by atoms with Gasteiger partial charge in [-0.2, -0.15) is 0 Å². The van der Waals surface area contributed by atoms with E-state index in [1.807, 2.05) is 0 Å². The first-order valence-electron chi connectivity index (χ1n) is 6.42. The smallest absolute Gasteiger partial charge is 0.166 e. The molecule has 1 heterocycles. The summed E-state index contributed by atoms with van der Waals surface area (Å²) in [5.74, 6) is 0.315. The Kier molecular flexibility index (Phi) is 4.98. The second-order valence-corrected chi connectivity index (χ2v) is 7.52. The van der Waals surface area contributed by atoms with Gasteiger partial charge in [0.25, 0.3) is 0 Å². The molecule has 1 aliphatic rings. The number of nitrogens with one attached hydrogen (secondary N) is 1. The van der Waals surface area contributed by atoms with E-state index in [-0.39, 0.29) is 11.5 Å². The summed E-state index contributed by atoms with van der Waals surface area (Å²) in [5.41, 5.74) is 0.735. The molecule has 2 unspecified atom stereocenters. The van der Waals surface area contributed by atoms with Crippen molar-refractivity contribution in [1.82, 2.24) is 5.32 Å². The van der Waals surface area contributed by atoms with Crippen LogP contribution in [0.1, 0.15) is 5.56 Å². The molecular weight excluding hydrogens is 318 g/mol. The van der Waals surface area contributed by atoms with Crippen molar-refractivity contribution in [3.63, 3.8) is 0 Å². The summed E-state index contributed by atoms with van der Waals surface area (Å²) >= 11 is 6.02. The van der Waals surface area contributed by atoms with Gasteiger partial charge in [0, 0.05) is 23.2 Å². The molecule has 1 saturated heterocycles. The van der Waals surface area contributed by atoms with Gasteiger partial charge in [0.05, 0.1) is 18.6 Å². The maximum absolute atomic E-state index is 11.6. The van der Waals surface area contributed by atoms with Gasteiger partial charge in [-0.1, -0.05) is 11.6 Å². The molecule has 6 nitrogen and oxygen atoms in total. The number of aliphatic hydroxyl groups excluding tert-OH is 1. The highest BCUT2D eigenvalue weighted by Gasteiger charge is 2.39. The van der Waals surface area contributed by atoms with Gasteiger partial charge < -0.3 is 19.9 Å². The third kappa shape index (κ3) is 3.79. The number of sulfone groups is 1. The molecule has 1 aromatic carbocycles. The summed E-state index contributed by atoms with van der Waals surface area (Å²) < 4.78 is 34.1. The van der Waals surface area contributed by atoms with Crippen LogP contribution in [-0.4, -0.2) is 51.4 Å². The summed E-state index contributed by atoms with van der Waals surface area (Å²) in [4.78, 5) is 0. The Morgan fingerprint density at radius 2 is 2.14 bits per heavy atom. The zero-order chi connectivity index (χ0) is 15.6. The number of hydrogen-bond acceptors (Lipinski definition) is 6. The van der Waals surface area contributed by atoms with Crippen molar-refractivity contribution >= 4 is 21.4 Å². The Labute approximate surface area is 128 Å². The van der Waals surface area contributed by atoms with Gasteiger partial charge in [-0.25, -0.2) is 8.42 Å². The van der Waals surface area contributed by atoms with E-state index < -0.39 is 22.0 Å². The van der Waals surface area contributed by atoms with Crippen LogP contribution in [0, 0.1) is 0 Å². The fraction of sp³-hybridized carbons (Fsp3) is 0.538. The van der Waals surface area contributed by atoms with E-state index in [0.717, 1.165) is 5.56 Å². The van der Waals surface area contributed by atoms with Crippen LogP contribution in [0.5, 0.6) is 11.5 Å². The maximum Gasteiger partial charge on any atom is 0.166 e. The molecule has 1 aliphatic heterocycles. The van der Waals surface area contributed by atoms with Crippen LogP contribution < -0.4 is 14.8 Å². The molecule has 0 bridgehead atoms. The van der Waals surface area contributed by atoms with Crippen molar-refractivity contribution in [2.24, 2.45) is 0 Å². The van der Waals surface area contributed by atoms with Crippen molar-refractivity contribution in [2.45, 2.75) is 18.8 Å². The average molecular weight is 336 g/mol. The Hall–Kier alpha value is -1.02. The Morgan fingerprint density at radius 1 is 1.43 bits per heavy atom. The van der Waals surface area contributed by atoms with Crippen LogP contribution in [0.3, 0.4) is 0 Å². The topological polar surface area (TPSA) is 84.9 Å². The van der Waals surface area contributed by atoms with Crippen molar-refractivity contribution in [1.29, 1.82) is 0 Å². The zero-order valence-electron chi connectivity index (χ0n) is 11.8. The molecule has 0 amide bonds. The fourth-order valence-electron chi connectivity index (χ4n) is 2.29. The molecule has 0 spiro atoms. The molecule has 1 aromatic rings. The first-order valence-corrected chi connectivity index (χ1v) is 8.62. The van der Waals surface area contributed by atoms with Crippen LogP contribution in [0.25, 0.3) is 0 Å². The molecule has 0 radical (unpaired) electrons. The Bertz CT molecular complexity index is 619. The Balaban J connectivity index is 2.34. The predicted octanol–water partition coefficient (Wildman–Crippen LogP) is 0.605. The SMILES string of the molecule is CNCc1cc(Cl)cc(OC)c1OC1CS(=O)(=O)CC1O. The van der Waals surface area contributed by atoms with Crippen LogP contribution >= 0.6 is 11.6 Å². The lowest BCUT2D eigenvalue weighted by molar-refractivity contribution is 0.0711. The van der Waals surface area contributed by atoms with Gasteiger partial charge in [-0.15, -0.1) is 0 Å². The average Bonchev–Trinajstić information content (AvgIpc) is 2.65. The maximum atomic E-state index is 11.6. The minimum atomic E-state index is -3.28. The van der Waals surface area contributed by atoms with Crippen LogP contribution in [0.2, 0.25) is 5.02 Å². The number of hydrogen-bond donors (Lipinski definition) is 2. The lowest BCUT2D eigenvalue weighted by Gasteiger charge is -2.21. The summed E-state index contributed by atoms with van der Waals surface area (Å²) in [6, 6.07) is 3.30. The van der Waals surface area contributed by atoms with E-state index in [2.05, 4.69) is 5.32 Å². The first kappa shape index (κ1) is 16.4. The zero-order valence-corrected chi connectivity index (χ0v) is 13.4. The van der Waals surface area contributed by atoms with Gasteiger partial charge in [0.15, 0.2) is 21.3 Å². The molecular formula is C13H18ClNO5S. The van der Waals surface area contributed by atoms with Gasteiger partial charge >= 0.3 is 0 Å². The molecule has 2 atom stereocenters. The summed E-state index contributed by atoms with van der Waals surface area (Å²) in [6.07, 6.45) is -1.85. The number of benzene rings is 1. The minimum Gasteiger partial charge on any atom is -0.493 e. The highest BCUT2D eigenvalue weighted by molar-refractivity contribution is 7.91. The van der Waals surface area contributed by atoms with E-state index >= 15 is 0 Å². The van der Waals surface area contributed by atoms with Crippen LogP contribution in [0.4, 0.5) is 0 Å². The van der Waals surface area contributed by atoms with Crippen molar-refractivity contribution in [3.05, 3.63) is 22.7 Å². The Morgan fingerprint density at radius 3 is 2.67 bits per heavy atom. The van der Waals surface area contributed by atoms with Crippen LogP contribution in [0.15, 0.2) is 12.1 Å².